The van der Waals surface area contributed by atoms with Gasteiger partial charge in [-0.05, 0) is 45.8 Å². The predicted molar refractivity (Wildman–Crippen MR) is 86.5 cm³/mol. The highest BCUT2D eigenvalue weighted by Crippen LogP contribution is 2.46. The van der Waals surface area contributed by atoms with Crippen LogP contribution in [0.5, 0.6) is 11.5 Å². The lowest BCUT2D eigenvalue weighted by molar-refractivity contribution is -0.0828. The van der Waals surface area contributed by atoms with Gasteiger partial charge in [0.2, 0.25) is 0 Å². The molecule has 1 aromatic carbocycles. The van der Waals surface area contributed by atoms with Crippen LogP contribution < -0.4 is 9.47 Å². The lowest BCUT2D eigenvalue weighted by atomic mass is 9.84. The molecule has 22 heavy (non-hydrogen) atoms. The quantitative estimate of drug-likeness (QED) is 0.911. The molecular weight excluding hydrogens is 278 g/mol. The van der Waals surface area contributed by atoms with Crippen LogP contribution in [0.15, 0.2) is 18.2 Å². The second-order valence-corrected chi connectivity index (χ2v) is 6.92. The molecule has 0 aliphatic carbocycles. The van der Waals surface area contributed by atoms with Gasteiger partial charge in [0.1, 0.15) is 11.7 Å². The molecule has 122 valence electrons. The number of fused-ring (bicyclic) bond motifs is 1. The van der Waals surface area contributed by atoms with E-state index >= 15 is 0 Å². The molecule has 1 fully saturated rings. The first-order valence-electron chi connectivity index (χ1n) is 8.32. The van der Waals surface area contributed by atoms with Crippen molar-refractivity contribution < 1.29 is 14.6 Å². The van der Waals surface area contributed by atoms with Crippen molar-refractivity contribution >= 4 is 0 Å². The smallest absolute Gasteiger partial charge is 0.167 e. The first-order valence-corrected chi connectivity index (χ1v) is 8.32. The molecule has 1 aromatic rings. The summed E-state index contributed by atoms with van der Waals surface area (Å²) in [5, 5.41) is 11.0. The van der Waals surface area contributed by atoms with Crippen molar-refractivity contribution in [3.63, 3.8) is 0 Å². The Morgan fingerprint density at radius 1 is 1.18 bits per heavy atom. The van der Waals surface area contributed by atoms with E-state index in [9.17, 15) is 5.11 Å². The monoisotopic (exact) mass is 305 g/mol. The third kappa shape index (κ3) is 2.70. The molecule has 1 saturated heterocycles. The third-order valence-electron chi connectivity index (χ3n) is 4.96. The van der Waals surface area contributed by atoms with Crippen LogP contribution in [0.4, 0.5) is 0 Å². The summed E-state index contributed by atoms with van der Waals surface area (Å²) in [6, 6.07) is 5.73. The van der Waals surface area contributed by atoms with Gasteiger partial charge in [0.15, 0.2) is 11.5 Å². The Kier molecular flexibility index (Phi) is 4.33. The van der Waals surface area contributed by atoms with Crippen LogP contribution in [-0.4, -0.2) is 41.8 Å². The predicted octanol–water partition coefficient (Wildman–Crippen LogP) is 3.14. The van der Waals surface area contributed by atoms with Crippen LogP contribution in [0.3, 0.4) is 0 Å². The number of ether oxygens (including phenoxy) is 2. The summed E-state index contributed by atoms with van der Waals surface area (Å²) in [4.78, 5) is 2.42. The van der Waals surface area contributed by atoms with Crippen LogP contribution in [0.2, 0.25) is 0 Å². The average Bonchev–Trinajstić information content (AvgIpc) is 2.75. The molecule has 2 unspecified atom stereocenters. The maximum Gasteiger partial charge on any atom is 0.167 e. The molecule has 0 bridgehead atoms. The summed E-state index contributed by atoms with van der Waals surface area (Å²) in [6.45, 7) is 6.21. The van der Waals surface area contributed by atoms with Gasteiger partial charge in [0, 0.05) is 5.56 Å². The van der Waals surface area contributed by atoms with Gasteiger partial charge in [-0.15, -0.1) is 0 Å². The molecule has 0 saturated carbocycles. The van der Waals surface area contributed by atoms with Gasteiger partial charge < -0.3 is 14.6 Å². The van der Waals surface area contributed by atoms with Crippen LogP contribution in [0, 0.1) is 0 Å². The minimum absolute atomic E-state index is 0.0230. The molecule has 1 N–H and O–H groups in total. The molecule has 0 amide bonds. The van der Waals surface area contributed by atoms with Crippen LogP contribution in [0.1, 0.15) is 51.2 Å². The van der Waals surface area contributed by atoms with Gasteiger partial charge in [0.05, 0.1) is 13.2 Å². The normalized spacial score (nSPS) is 28.4. The Morgan fingerprint density at radius 2 is 1.86 bits per heavy atom. The number of para-hydroxylation sites is 1. The van der Waals surface area contributed by atoms with E-state index < -0.39 is 11.7 Å². The van der Waals surface area contributed by atoms with Gasteiger partial charge in [0.25, 0.3) is 0 Å². The van der Waals surface area contributed by atoms with Gasteiger partial charge in [-0.2, -0.15) is 0 Å². The highest BCUT2D eigenvalue weighted by Gasteiger charge is 2.47. The van der Waals surface area contributed by atoms with Crippen molar-refractivity contribution in [2.24, 2.45) is 0 Å². The summed E-state index contributed by atoms with van der Waals surface area (Å²) in [5.74, 6) is 1.38. The molecule has 4 nitrogen and oxygen atoms in total. The van der Waals surface area contributed by atoms with E-state index in [0.717, 1.165) is 18.7 Å². The topological polar surface area (TPSA) is 41.9 Å². The lowest BCUT2D eigenvalue weighted by Gasteiger charge is -2.48. The van der Waals surface area contributed by atoms with Gasteiger partial charge in [-0.1, -0.05) is 25.0 Å². The molecule has 0 radical (unpaired) electrons. The fourth-order valence-electron chi connectivity index (χ4n) is 3.92. The van der Waals surface area contributed by atoms with Gasteiger partial charge in [-0.25, -0.2) is 0 Å². The molecule has 2 atom stereocenters. The largest absolute Gasteiger partial charge is 0.493 e. The number of likely N-dealkylation sites (tertiary alicyclic amines) is 1. The second-order valence-electron chi connectivity index (χ2n) is 6.92. The van der Waals surface area contributed by atoms with Crippen molar-refractivity contribution in [1.29, 1.82) is 0 Å². The Bertz CT molecular complexity index is 521. The number of hydrogen-bond donors (Lipinski definition) is 1. The highest BCUT2D eigenvalue weighted by molar-refractivity contribution is 5.50. The van der Waals surface area contributed by atoms with Crippen molar-refractivity contribution in [3.8, 4) is 11.5 Å². The van der Waals surface area contributed by atoms with Crippen molar-refractivity contribution in [2.45, 2.75) is 57.3 Å². The summed E-state index contributed by atoms with van der Waals surface area (Å²) in [7, 11) is 1.64. The van der Waals surface area contributed by atoms with E-state index in [-0.39, 0.29) is 6.04 Å². The van der Waals surface area contributed by atoms with Crippen molar-refractivity contribution in [1.82, 2.24) is 4.90 Å². The van der Waals surface area contributed by atoms with Gasteiger partial charge in [-0.3, -0.25) is 4.90 Å². The summed E-state index contributed by atoms with van der Waals surface area (Å²) < 4.78 is 11.7. The Labute approximate surface area is 133 Å². The van der Waals surface area contributed by atoms with Crippen molar-refractivity contribution in [2.75, 3.05) is 20.2 Å². The van der Waals surface area contributed by atoms with Crippen LogP contribution >= 0.6 is 0 Å². The van der Waals surface area contributed by atoms with E-state index in [1.54, 1.807) is 7.11 Å². The maximum atomic E-state index is 11.0. The molecule has 3 rings (SSSR count). The number of aliphatic hydroxyl groups is 1. The highest BCUT2D eigenvalue weighted by atomic mass is 16.5. The van der Waals surface area contributed by atoms with E-state index in [1.807, 2.05) is 18.2 Å². The Balaban J connectivity index is 1.97. The number of nitrogens with zero attached hydrogens (tertiary/aromatic N) is 1. The molecule has 2 aliphatic heterocycles. The van der Waals surface area contributed by atoms with Crippen LogP contribution in [0.25, 0.3) is 0 Å². The standard InChI is InChI=1S/C18H27NO3/c1-18(2)17(19-11-6-4-5-7-12-19)15(20)13-9-8-10-14(21-3)16(13)22-18/h8-10,15,17,20H,4-7,11-12H2,1-3H3. The van der Waals surface area contributed by atoms with E-state index in [1.165, 1.54) is 25.7 Å². The lowest BCUT2D eigenvalue weighted by Crippen LogP contribution is -2.58. The number of methoxy groups -OCH3 is 1. The van der Waals surface area contributed by atoms with E-state index in [4.69, 9.17) is 9.47 Å². The third-order valence-corrected chi connectivity index (χ3v) is 4.96. The fraction of sp³-hybridized carbons (Fsp3) is 0.667. The summed E-state index contributed by atoms with van der Waals surface area (Å²) >= 11 is 0. The Hall–Kier alpha value is -1.26. The first kappa shape index (κ1) is 15.6. The zero-order valence-corrected chi connectivity index (χ0v) is 13.8. The molecule has 0 spiro atoms. The zero-order valence-electron chi connectivity index (χ0n) is 13.8. The van der Waals surface area contributed by atoms with Crippen LogP contribution in [-0.2, 0) is 0 Å². The van der Waals surface area contributed by atoms with E-state index in [2.05, 4.69) is 18.7 Å². The number of aliphatic hydroxyl groups excluding tert-OH is 1. The van der Waals surface area contributed by atoms with Crippen molar-refractivity contribution in [3.05, 3.63) is 23.8 Å². The molecule has 4 heteroatoms. The Morgan fingerprint density at radius 3 is 2.50 bits per heavy atom. The fourth-order valence-corrected chi connectivity index (χ4v) is 3.92. The molecule has 2 heterocycles. The molecule has 0 aromatic heterocycles. The second kappa shape index (κ2) is 6.09. The number of rotatable bonds is 2. The SMILES string of the molecule is COc1cccc2c1OC(C)(C)C(N1CCCCCC1)C2O. The first-order chi connectivity index (χ1) is 10.5. The molecule has 2 aliphatic rings. The zero-order chi connectivity index (χ0) is 15.7. The molecular formula is C18H27NO3. The minimum atomic E-state index is -0.549. The minimum Gasteiger partial charge on any atom is -0.493 e. The average molecular weight is 305 g/mol. The summed E-state index contributed by atoms with van der Waals surface area (Å²) in [6.07, 6.45) is 4.41. The maximum absolute atomic E-state index is 11.0. The number of benzene rings is 1. The number of hydrogen-bond acceptors (Lipinski definition) is 4. The summed E-state index contributed by atoms with van der Waals surface area (Å²) in [5.41, 5.74) is 0.388. The van der Waals surface area contributed by atoms with Gasteiger partial charge >= 0.3 is 0 Å². The van der Waals surface area contributed by atoms with E-state index in [0.29, 0.717) is 11.5 Å².